The average Bonchev–Trinajstić information content (AvgIpc) is 3.33. The Morgan fingerprint density at radius 2 is 1.24 bits per heavy atom. The molecule has 0 saturated carbocycles. The van der Waals surface area contributed by atoms with Crippen molar-refractivity contribution in [2.45, 2.75) is 114 Å². The Hall–Kier alpha value is -2.37. The summed E-state index contributed by atoms with van der Waals surface area (Å²) in [5, 5.41) is 0. The van der Waals surface area contributed by atoms with Gasteiger partial charge in [-0.1, -0.05) is 74.6 Å². The molecule has 0 atom stereocenters. The minimum absolute atomic E-state index is 0.00926. The van der Waals surface area contributed by atoms with E-state index in [-0.39, 0.29) is 29.8 Å². The third-order valence-corrected chi connectivity index (χ3v) is 7.06. The quantitative estimate of drug-likeness (QED) is 0.326. The Kier molecular flexibility index (Phi) is 15.5. The Bertz CT molecular complexity index is 800. The van der Waals surface area contributed by atoms with Crippen LogP contribution in [0.5, 0.6) is 0 Å². The van der Waals surface area contributed by atoms with Crippen LogP contribution in [0, 0.1) is 23.7 Å². The van der Waals surface area contributed by atoms with Crippen molar-refractivity contribution in [2.24, 2.45) is 23.7 Å². The molecule has 3 amide bonds. The Morgan fingerprint density at radius 3 is 1.47 bits per heavy atom. The van der Waals surface area contributed by atoms with Gasteiger partial charge < -0.3 is 14.7 Å². The number of carbonyl (C=O) groups excluding carboxylic acids is 3. The number of carbonyl (C=O) groups is 3. The predicted octanol–water partition coefficient (Wildman–Crippen LogP) is 6.34. The molecule has 1 saturated heterocycles. The van der Waals surface area contributed by atoms with Gasteiger partial charge in [0.25, 0.3) is 0 Å². The molecule has 218 valence electrons. The first-order valence-electron chi connectivity index (χ1n) is 14.4. The SMILES string of the molecule is C=C1CCN(C(C(C)C)C(C)C)C1=O.C=CC(=O)N(C(C)C)C(C)C.CC(C)C(C(C)C)N1CC=CC1=O. The lowest BCUT2D eigenvalue weighted by atomic mass is 9.92. The van der Waals surface area contributed by atoms with Crippen LogP contribution in [0.3, 0.4) is 0 Å². The fourth-order valence-corrected chi connectivity index (χ4v) is 5.86. The number of likely N-dealkylation sites (tertiary alicyclic amines) is 1. The average molecular weight is 532 g/mol. The van der Waals surface area contributed by atoms with Crippen LogP contribution >= 0.6 is 0 Å². The van der Waals surface area contributed by atoms with Gasteiger partial charge in [0.15, 0.2) is 0 Å². The lowest BCUT2D eigenvalue weighted by molar-refractivity contribution is -0.130. The van der Waals surface area contributed by atoms with Gasteiger partial charge in [0.1, 0.15) is 0 Å². The third-order valence-electron chi connectivity index (χ3n) is 7.06. The summed E-state index contributed by atoms with van der Waals surface area (Å²) in [6.45, 7) is 34.3. The number of nitrogens with zero attached hydrogens (tertiary/aromatic N) is 3. The molecule has 2 heterocycles. The Labute approximate surface area is 234 Å². The first kappa shape index (κ1) is 35.6. The number of amides is 3. The van der Waals surface area contributed by atoms with Gasteiger partial charge in [0.2, 0.25) is 17.7 Å². The molecule has 6 nitrogen and oxygen atoms in total. The molecule has 0 N–H and O–H groups in total. The number of hydrogen-bond acceptors (Lipinski definition) is 3. The maximum absolute atomic E-state index is 11.8. The van der Waals surface area contributed by atoms with Gasteiger partial charge >= 0.3 is 0 Å². The summed E-state index contributed by atoms with van der Waals surface area (Å²) in [5.74, 6) is 2.45. The van der Waals surface area contributed by atoms with E-state index in [2.05, 4.69) is 68.5 Å². The Balaban J connectivity index is 0.000000545. The summed E-state index contributed by atoms with van der Waals surface area (Å²) in [6.07, 6.45) is 5.83. The molecule has 2 rings (SSSR count). The molecule has 0 aliphatic carbocycles. The molecule has 0 radical (unpaired) electrons. The van der Waals surface area contributed by atoms with E-state index in [4.69, 9.17) is 0 Å². The van der Waals surface area contributed by atoms with E-state index in [0.29, 0.717) is 35.8 Å². The van der Waals surface area contributed by atoms with E-state index in [1.165, 1.54) is 6.08 Å². The van der Waals surface area contributed by atoms with Crippen molar-refractivity contribution in [3.63, 3.8) is 0 Å². The van der Waals surface area contributed by atoms with Gasteiger partial charge in [-0.25, -0.2) is 0 Å². The maximum atomic E-state index is 11.8. The van der Waals surface area contributed by atoms with Crippen LogP contribution in [-0.2, 0) is 14.4 Å². The molecule has 2 aliphatic heterocycles. The maximum Gasteiger partial charge on any atom is 0.249 e. The molecule has 2 aliphatic rings. The highest BCUT2D eigenvalue weighted by Gasteiger charge is 2.33. The largest absolute Gasteiger partial charge is 0.335 e. The minimum atomic E-state index is 0.00926. The molecule has 1 fully saturated rings. The molecule has 0 aromatic heterocycles. The molecule has 0 aromatic carbocycles. The lowest BCUT2D eigenvalue weighted by Gasteiger charge is -2.34. The molecule has 38 heavy (non-hydrogen) atoms. The third kappa shape index (κ3) is 10.4. The van der Waals surface area contributed by atoms with Gasteiger partial charge in [-0.2, -0.15) is 0 Å². The fourth-order valence-electron chi connectivity index (χ4n) is 5.86. The van der Waals surface area contributed by atoms with Gasteiger partial charge in [0, 0.05) is 48.9 Å². The van der Waals surface area contributed by atoms with Crippen LogP contribution in [0.1, 0.15) is 89.5 Å². The summed E-state index contributed by atoms with van der Waals surface area (Å²) >= 11 is 0. The first-order chi connectivity index (χ1) is 17.5. The normalized spacial score (nSPS) is 15.5. The smallest absolute Gasteiger partial charge is 0.249 e. The van der Waals surface area contributed by atoms with Crippen molar-refractivity contribution < 1.29 is 14.4 Å². The predicted molar refractivity (Wildman–Crippen MR) is 161 cm³/mol. The van der Waals surface area contributed by atoms with Crippen LogP contribution in [0.2, 0.25) is 0 Å². The van der Waals surface area contributed by atoms with E-state index in [9.17, 15) is 14.4 Å². The summed E-state index contributed by atoms with van der Waals surface area (Å²) in [4.78, 5) is 40.2. The van der Waals surface area contributed by atoms with Gasteiger partial charge in [-0.05, 0) is 63.9 Å². The summed E-state index contributed by atoms with van der Waals surface area (Å²) in [6, 6.07) is 1.24. The molecule has 6 heteroatoms. The van der Waals surface area contributed by atoms with Crippen LogP contribution in [0.4, 0.5) is 0 Å². The van der Waals surface area contributed by atoms with E-state index in [1.54, 1.807) is 11.0 Å². The fraction of sp³-hybridized carbons (Fsp3) is 0.719. The van der Waals surface area contributed by atoms with Crippen molar-refractivity contribution >= 4 is 17.7 Å². The highest BCUT2D eigenvalue weighted by molar-refractivity contribution is 5.95. The molecular formula is C32H57N3O3. The molecular weight excluding hydrogens is 474 g/mol. The summed E-state index contributed by atoms with van der Waals surface area (Å²) in [7, 11) is 0. The van der Waals surface area contributed by atoms with Crippen LogP contribution in [-0.4, -0.2) is 69.7 Å². The number of rotatable bonds is 9. The lowest BCUT2D eigenvalue weighted by Crippen LogP contribution is -2.43. The zero-order valence-corrected chi connectivity index (χ0v) is 26.5. The second-order valence-corrected chi connectivity index (χ2v) is 12.3. The second kappa shape index (κ2) is 16.6. The molecule has 0 unspecified atom stereocenters. The van der Waals surface area contributed by atoms with Gasteiger partial charge in [-0.3, -0.25) is 14.4 Å². The molecule has 0 spiro atoms. The monoisotopic (exact) mass is 531 g/mol. The second-order valence-electron chi connectivity index (χ2n) is 12.3. The Morgan fingerprint density at radius 1 is 0.816 bits per heavy atom. The van der Waals surface area contributed by atoms with E-state index in [0.717, 1.165) is 25.1 Å². The minimum Gasteiger partial charge on any atom is -0.335 e. The van der Waals surface area contributed by atoms with Crippen LogP contribution in [0.25, 0.3) is 0 Å². The first-order valence-corrected chi connectivity index (χ1v) is 14.4. The molecule has 0 bridgehead atoms. The molecule has 0 aromatic rings. The summed E-state index contributed by atoms with van der Waals surface area (Å²) in [5.41, 5.74) is 0.774. The standard InChI is InChI=1S/C12H21NO.C11H19NO.C9H17NO/c1-8(2)11(9(3)4)13-7-6-10(5)12(13)14;1-8(2)11(9(3)4)12-7-5-6-10(12)13;1-6-9(11)10(7(2)3)8(4)5/h8-9,11H,5-7H2,1-4H3;5-6,8-9,11H,7H2,1-4H3;6-8H,1H2,2-5H3. The van der Waals surface area contributed by atoms with Gasteiger partial charge in [-0.15, -0.1) is 0 Å². The number of hydrogen-bond donors (Lipinski definition) is 0. The highest BCUT2D eigenvalue weighted by Crippen LogP contribution is 2.26. The van der Waals surface area contributed by atoms with E-state index >= 15 is 0 Å². The van der Waals surface area contributed by atoms with E-state index < -0.39 is 0 Å². The van der Waals surface area contributed by atoms with Crippen molar-refractivity contribution in [1.29, 1.82) is 0 Å². The zero-order chi connectivity index (χ0) is 29.9. The summed E-state index contributed by atoms with van der Waals surface area (Å²) < 4.78 is 0. The van der Waals surface area contributed by atoms with Crippen LogP contribution < -0.4 is 0 Å². The topological polar surface area (TPSA) is 60.9 Å². The van der Waals surface area contributed by atoms with Gasteiger partial charge in [0.05, 0.1) is 0 Å². The van der Waals surface area contributed by atoms with Crippen molar-refractivity contribution in [3.8, 4) is 0 Å². The van der Waals surface area contributed by atoms with E-state index in [1.807, 2.05) is 43.6 Å². The van der Waals surface area contributed by atoms with Crippen molar-refractivity contribution in [2.75, 3.05) is 13.1 Å². The highest BCUT2D eigenvalue weighted by atomic mass is 16.2. The van der Waals surface area contributed by atoms with Crippen molar-refractivity contribution in [1.82, 2.24) is 14.7 Å². The zero-order valence-electron chi connectivity index (χ0n) is 26.5. The van der Waals surface area contributed by atoms with Crippen molar-refractivity contribution in [3.05, 3.63) is 37.0 Å². The van der Waals surface area contributed by atoms with Crippen LogP contribution in [0.15, 0.2) is 37.0 Å².